The van der Waals surface area contributed by atoms with Crippen molar-refractivity contribution in [1.82, 2.24) is 14.8 Å². The maximum atomic E-state index is 14.3. The highest BCUT2D eigenvalue weighted by Gasteiger charge is 2.43. The van der Waals surface area contributed by atoms with Crippen molar-refractivity contribution in [3.8, 4) is 11.5 Å². The average molecular weight is 748 g/mol. The van der Waals surface area contributed by atoms with Crippen molar-refractivity contribution < 1.29 is 37.4 Å². The van der Waals surface area contributed by atoms with Crippen molar-refractivity contribution in [1.29, 1.82) is 0 Å². The molecule has 0 unspecified atom stereocenters. The van der Waals surface area contributed by atoms with Gasteiger partial charge in [0.1, 0.15) is 17.4 Å². The first-order valence-electron chi connectivity index (χ1n) is 19.1. The van der Waals surface area contributed by atoms with E-state index in [2.05, 4.69) is 18.8 Å². The molecule has 0 saturated carbocycles. The lowest BCUT2D eigenvalue weighted by atomic mass is 10.1. The molecule has 3 heterocycles. The van der Waals surface area contributed by atoms with Gasteiger partial charge in [-0.15, -0.1) is 0 Å². The molecule has 0 spiro atoms. The number of hydrogen-bond acceptors (Lipinski definition) is 8. The summed E-state index contributed by atoms with van der Waals surface area (Å²) in [6.45, 7) is 8.35. The molecule has 2 aliphatic heterocycles. The molecule has 2 aliphatic rings. The number of ether oxygens (including phenoxy) is 3. The van der Waals surface area contributed by atoms with E-state index in [0.717, 1.165) is 31.4 Å². The normalized spacial score (nSPS) is 16.1. The molecule has 1 saturated heterocycles. The van der Waals surface area contributed by atoms with E-state index in [9.17, 15) is 28.0 Å². The molecule has 3 aromatic rings. The Morgan fingerprint density at radius 3 is 2.24 bits per heavy atom. The number of aromatic nitrogens is 1. The molecule has 2 aromatic carbocycles. The quantitative estimate of drug-likeness (QED) is 0.0707. The number of amides is 1. The number of pyridine rings is 1. The summed E-state index contributed by atoms with van der Waals surface area (Å²) in [5.74, 6) is -3.21. The second-order valence-electron chi connectivity index (χ2n) is 14.2. The summed E-state index contributed by atoms with van der Waals surface area (Å²) in [5.41, 5.74) is -0.0899. The van der Waals surface area contributed by atoms with Gasteiger partial charge in [-0.2, -0.15) is 0 Å². The fourth-order valence-electron chi connectivity index (χ4n) is 6.84. The minimum atomic E-state index is -0.791. The van der Waals surface area contributed by atoms with Crippen molar-refractivity contribution in [2.45, 2.75) is 123 Å². The van der Waals surface area contributed by atoms with Crippen LogP contribution in [-0.2, 0) is 33.8 Å². The molecule has 10 nitrogen and oxygen atoms in total. The molecule has 1 fully saturated rings. The standard InChI is InChI=1S/C42H51F2N3O7/c1-4-5-6-7-8-9-10-11-12-13-14-15-37(48)53-33-20-16-30(17-21-33)22-38(49)54-41-39-42(51)47-28(2)27-52-36(47)26-46(39)25-34(40(41)50)29(3)45-24-31-18-19-32(43)23-35(31)44/h16-21,23,25,28,36,45H,3-15,22,24,26-27H2,1-2H3/t28-,36+/m0/s1. The first kappa shape index (κ1) is 40.3. The van der Waals surface area contributed by atoms with Crippen LogP contribution in [0.2, 0.25) is 0 Å². The van der Waals surface area contributed by atoms with Crippen LogP contribution in [0.25, 0.3) is 5.70 Å². The Labute approximate surface area is 315 Å². The van der Waals surface area contributed by atoms with Gasteiger partial charge >= 0.3 is 11.9 Å². The minimum absolute atomic E-state index is 0.00398. The van der Waals surface area contributed by atoms with Gasteiger partial charge in [-0.3, -0.25) is 19.2 Å². The van der Waals surface area contributed by atoms with Crippen LogP contribution in [-0.4, -0.2) is 46.2 Å². The number of rotatable bonds is 20. The molecule has 5 rings (SSSR count). The number of carbonyl (C=O) groups is 3. The predicted molar refractivity (Wildman–Crippen MR) is 201 cm³/mol. The first-order valence-corrected chi connectivity index (χ1v) is 19.1. The van der Waals surface area contributed by atoms with E-state index >= 15 is 0 Å². The van der Waals surface area contributed by atoms with Crippen LogP contribution in [0.4, 0.5) is 8.78 Å². The number of halogens is 2. The van der Waals surface area contributed by atoms with Crippen LogP contribution in [0.5, 0.6) is 11.5 Å². The molecule has 12 heteroatoms. The molecule has 54 heavy (non-hydrogen) atoms. The van der Waals surface area contributed by atoms with Gasteiger partial charge in [-0.05, 0) is 37.1 Å². The van der Waals surface area contributed by atoms with Gasteiger partial charge in [0.25, 0.3) is 5.91 Å². The number of hydrogen-bond donors (Lipinski definition) is 1. The Morgan fingerprint density at radius 2 is 1.57 bits per heavy atom. The van der Waals surface area contributed by atoms with Crippen molar-refractivity contribution >= 4 is 23.5 Å². The highest BCUT2D eigenvalue weighted by Crippen LogP contribution is 2.31. The summed E-state index contributed by atoms with van der Waals surface area (Å²) >= 11 is 0. The van der Waals surface area contributed by atoms with Gasteiger partial charge in [0.15, 0.2) is 11.9 Å². The third-order valence-electron chi connectivity index (χ3n) is 9.88. The van der Waals surface area contributed by atoms with Gasteiger partial charge in [0, 0.05) is 36.5 Å². The number of carbonyl (C=O) groups excluding carboxylic acids is 3. The van der Waals surface area contributed by atoms with Gasteiger partial charge in [-0.25, -0.2) is 8.78 Å². The largest absolute Gasteiger partial charge is 0.427 e. The van der Waals surface area contributed by atoms with Crippen molar-refractivity contribution in [2.75, 3.05) is 6.61 Å². The van der Waals surface area contributed by atoms with Crippen LogP contribution in [0, 0.1) is 11.6 Å². The van der Waals surface area contributed by atoms with Crippen LogP contribution < -0.4 is 20.2 Å². The van der Waals surface area contributed by atoms with E-state index in [-0.39, 0.29) is 54.0 Å². The summed E-state index contributed by atoms with van der Waals surface area (Å²) in [4.78, 5) is 54.8. The Morgan fingerprint density at radius 1 is 0.907 bits per heavy atom. The van der Waals surface area contributed by atoms with Crippen LogP contribution >= 0.6 is 0 Å². The second-order valence-corrected chi connectivity index (χ2v) is 14.2. The highest BCUT2D eigenvalue weighted by atomic mass is 19.1. The summed E-state index contributed by atoms with van der Waals surface area (Å²) < 4.78 is 46.2. The molecule has 1 aromatic heterocycles. The molecule has 2 atom stereocenters. The molecule has 1 N–H and O–H groups in total. The monoisotopic (exact) mass is 747 g/mol. The third kappa shape index (κ3) is 10.6. The molecule has 290 valence electrons. The van der Waals surface area contributed by atoms with E-state index in [1.807, 2.05) is 6.92 Å². The summed E-state index contributed by atoms with van der Waals surface area (Å²) in [6, 6.07) is 9.34. The smallest absolute Gasteiger partial charge is 0.315 e. The zero-order chi connectivity index (χ0) is 38.6. The van der Waals surface area contributed by atoms with Crippen LogP contribution in [0.3, 0.4) is 0 Å². The Kier molecular flexibility index (Phi) is 14.6. The molecule has 0 radical (unpaired) electrons. The fraction of sp³-hybridized carbons (Fsp3) is 0.476. The summed E-state index contributed by atoms with van der Waals surface area (Å²) in [7, 11) is 0. The zero-order valence-electron chi connectivity index (χ0n) is 31.3. The number of esters is 2. The maximum Gasteiger partial charge on any atom is 0.315 e. The summed E-state index contributed by atoms with van der Waals surface area (Å²) in [5, 5.41) is 2.88. The van der Waals surface area contributed by atoms with E-state index in [4.69, 9.17) is 14.2 Å². The van der Waals surface area contributed by atoms with Gasteiger partial charge in [0.2, 0.25) is 11.2 Å². The molecule has 1 amide bonds. The zero-order valence-corrected chi connectivity index (χ0v) is 31.3. The van der Waals surface area contributed by atoms with E-state index in [0.29, 0.717) is 24.3 Å². The van der Waals surface area contributed by atoms with E-state index in [1.165, 1.54) is 73.1 Å². The average Bonchev–Trinajstić information content (AvgIpc) is 3.52. The lowest BCUT2D eigenvalue weighted by Crippen LogP contribution is -2.49. The summed E-state index contributed by atoms with van der Waals surface area (Å²) in [6.07, 6.45) is 14.1. The first-order chi connectivity index (χ1) is 26.0. The number of nitrogens with one attached hydrogen (secondary N) is 1. The topological polar surface area (TPSA) is 116 Å². The fourth-order valence-corrected chi connectivity index (χ4v) is 6.84. The Bertz CT molecular complexity index is 1860. The lowest BCUT2D eigenvalue weighted by molar-refractivity contribution is -0.135. The second kappa shape index (κ2) is 19.5. The van der Waals surface area contributed by atoms with Crippen LogP contribution in [0.1, 0.15) is 118 Å². The Hall–Kier alpha value is -4.84. The highest BCUT2D eigenvalue weighted by molar-refractivity contribution is 5.97. The van der Waals surface area contributed by atoms with E-state index < -0.39 is 40.9 Å². The third-order valence-corrected chi connectivity index (χ3v) is 9.88. The van der Waals surface area contributed by atoms with Crippen molar-refractivity contribution in [3.05, 3.63) is 99.5 Å². The SMILES string of the molecule is C=C(NCc1ccc(F)cc1F)c1cn2c(c(OC(=O)Cc3ccc(OC(=O)CCCCCCCCCCCCC)cc3)c1=O)C(=O)N1[C@@H](C)CO[C@@H]1C2. The van der Waals surface area contributed by atoms with Gasteiger partial charge in [-0.1, -0.05) is 95.9 Å². The van der Waals surface area contributed by atoms with Crippen LogP contribution in [0.15, 0.2) is 60.0 Å². The molecule has 0 bridgehead atoms. The van der Waals surface area contributed by atoms with E-state index in [1.54, 1.807) is 24.3 Å². The number of unbranched alkanes of at least 4 members (excludes halogenated alkanes) is 10. The molecular weight excluding hydrogens is 696 g/mol. The van der Waals surface area contributed by atoms with Gasteiger partial charge < -0.3 is 29.0 Å². The van der Waals surface area contributed by atoms with Crippen molar-refractivity contribution in [2.24, 2.45) is 0 Å². The number of fused-ring (bicyclic) bond motifs is 2. The molecule has 0 aliphatic carbocycles. The predicted octanol–water partition coefficient (Wildman–Crippen LogP) is 7.84. The maximum absolute atomic E-state index is 14.3. The number of nitrogens with zero attached hydrogens (tertiary/aromatic N) is 2. The van der Waals surface area contributed by atoms with Gasteiger partial charge in [0.05, 0.1) is 31.2 Å². The number of benzene rings is 2. The lowest BCUT2D eigenvalue weighted by Gasteiger charge is -2.34. The Balaban J connectivity index is 1.18. The molecular formula is C42H51F2N3O7. The van der Waals surface area contributed by atoms with Crippen molar-refractivity contribution in [3.63, 3.8) is 0 Å². The minimum Gasteiger partial charge on any atom is -0.427 e.